The lowest BCUT2D eigenvalue weighted by Crippen LogP contribution is -2.16. The maximum absolute atomic E-state index is 12.4. The number of carbonyl (C=O) groups excluding carboxylic acids is 1. The van der Waals surface area contributed by atoms with Crippen LogP contribution in [0.5, 0.6) is 0 Å². The molecule has 152 valence electrons. The molecule has 0 aliphatic carbocycles. The summed E-state index contributed by atoms with van der Waals surface area (Å²) in [4.78, 5) is 12.4. The van der Waals surface area contributed by atoms with E-state index in [-0.39, 0.29) is 29.1 Å². The van der Waals surface area contributed by atoms with E-state index in [1.54, 1.807) is 0 Å². The van der Waals surface area contributed by atoms with Gasteiger partial charge in [0.2, 0.25) is 5.91 Å². The van der Waals surface area contributed by atoms with Crippen molar-refractivity contribution in [3.63, 3.8) is 0 Å². The van der Waals surface area contributed by atoms with Crippen LogP contribution in [0.1, 0.15) is 30.3 Å². The second kappa shape index (κ2) is 8.65. The fourth-order valence-electron chi connectivity index (χ4n) is 3.45. The second-order valence-electron chi connectivity index (χ2n) is 7.23. The molecule has 1 aromatic carbocycles. The van der Waals surface area contributed by atoms with Crippen LogP contribution in [0.4, 0.5) is 5.69 Å². The van der Waals surface area contributed by atoms with Gasteiger partial charge in [-0.3, -0.25) is 4.79 Å². The van der Waals surface area contributed by atoms with Gasteiger partial charge in [0.1, 0.15) is 5.82 Å². The molecule has 9 heteroatoms. The minimum absolute atomic E-state index is 0.0829. The van der Waals surface area contributed by atoms with E-state index in [1.807, 2.05) is 36.7 Å². The fourth-order valence-corrected chi connectivity index (χ4v) is 6.04. The minimum atomic E-state index is -2.90. The third kappa shape index (κ3) is 4.94. The summed E-state index contributed by atoms with van der Waals surface area (Å²) in [5, 5.41) is 12.0. The molecule has 0 saturated carbocycles. The number of nitrogens with zero attached hydrogens (tertiary/aromatic N) is 3. The van der Waals surface area contributed by atoms with Crippen LogP contribution >= 0.6 is 11.8 Å². The van der Waals surface area contributed by atoms with E-state index in [0.717, 1.165) is 29.1 Å². The Balaban J connectivity index is 1.58. The zero-order valence-corrected chi connectivity index (χ0v) is 18.1. The molecular formula is C19H26N4O3S2. The Bertz CT molecular complexity index is 970. The molecular weight excluding hydrogens is 396 g/mol. The van der Waals surface area contributed by atoms with Crippen LogP contribution in [0.2, 0.25) is 0 Å². The number of aromatic nitrogens is 3. The first-order chi connectivity index (χ1) is 13.3. The molecule has 0 radical (unpaired) electrons. The van der Waals surface area contributed by atoms with Gasteiger partial charge >= 0.3 is 0 Å². The smallest absolute Gasteiger partial charge is 0.234 e. The van der Waals surface area contributed by atoms with E-state index < -0.39 is 9.84 Å². The Kier molecular flexibility index (Phi) is 6.44. The van der Waals surface area contributed by atoms with Gasteiger partial charge in [-0.15, -0.1) is 10.2 Å². The van der Waals surface area contributed by atoms with Gasteiger partial charge in [0, 0.05) is 19.2 Å². The van der Waals surface area contributed by atoms with E-state index in [1.165, 1.54) is 11.8 Å². The summed E-state index contributed by atoms with van der Waals surface area (Å²) in [6, 6.07) is 6.00. The van der Waals surface area contributed by atoms with Crippen LogP contribution in [0.15, 0.2) is 23.4 Å². The number of hydrogen-bond donors (Lipinski definition) is 1. The molecule has 28 heavy (non-hydrogen) atoms. The Labute approximate surface area is 170 Å². The number of para-hydroxylation sites is 1. The molecule has 1 fully saturated rings. The summed E-state index contributed by atoms with van der Waals surface area (Å²) in [5.41, 5.74) is 3.05. The zero-order chi connectivity index (χ0) is 20.3. The number of nitrogens with one attached hydrogen (secondary N) is 1. The molecule has 3 rings (SSSR count). The van der Waals surface area contributed by atoms with Crippen molar-refractivity contribution in [2.24, 2.45) is 13.0 Å². The van der Waals surface area contributed by atoms with Gasteiger partial charge in [-0.05, 0) is 36.8 Å². The number of thioether (sulfide) groups is 1. The molecule has 2 aromatic rings. The molecule has 0 unspecified atom stereocenters. The molecule has 1 atom stereocenters. The monoisotopic (exact) mass is 422 g/mol. The summed E-state index contributed by atoms with van der Waals surface area (Å²) < 4.78 is 25.1. The highest BCUT2D eigenvalue weighted by atomic mass is 32.2. The molecule has 0 bridgehead atoms. The quantitative estimate of drug-likeness (QED) is 0.689. The molecule has 1 aromatic heterocycles. The fraction of sp³-hybridized carbons (Fsp3) is 0.526. The van der Waals surface area contributed by atoms with Crippen molar-refractivity contribution in [2.45, 2.75) is 38.3 Å². The van der Waals surface area contributed by atoms with Gasteiger partial charge in [0.15, 0.2) is 15.0 Å². The van der Waals surface area contributed by atoms with Crippen LogP contribution in [0, 0.1) is 12.8 Å². The first-order valence-electron chi connectivity index (χ1n) is 9.39. The number of hydrogen-bond acceptors (Lipinski definition) is 6. The van der Waals surface area contributed by atoms with Gasteiger partial charge in [-0.25, -0.2) is 8.42 Å². The summed E-state index contributed by atoms with van der Waals surface area (Å²) in [6.07, 6.45) is 2.13. The van der Waals surface area contributed by atoms with Crippen molar-refractivity contribution >= 4 is 33.2 Å². The van der Waals surface area contributed by atoms with Crippen LogP contribution in [-0.2, 0) is 34.5 Å². The van der Waals surface area contributed by atoms with E-state index in [2.05, 4.69) is 22.4 Å². The Morgan fingerprint density at radius 2 is 2.14 bits per heavy atom. The zero-order valence-electron chi connectivity index (χ0n) is 16.4. The molecule has 1 amide bonds. The van der Waals surface area contributed by atoms with Crippen LogP contribution in [-0.4, -0.2) is 46.3 Å². The maximum atomic E-state index is 12.4. The average Bonchev–Trinajstić information content (AvgIpc) is 3.17. The number of anilines is 1. The summed E-state index contributed by atoms with van der Waals surface area (Å²) >= 11 is 1.33. The summed E-state index contributed by atoms with van der Waals surface area (Å²) in [7, 11) is -1.04. The molecule has 1 aliphatic heterocycles. The highest BCUT2D eigenvalue weighted by molar-refractivity contribution is 7.99. The number of aryl methyl sites for hydroxylation is 2. The van der Waals surface area contributed by atoms with Crippen molar-refractivity contribution in [2.75, 3.05) is 22.6 Å². The van der Waals surface area contributed by atoms with Crippen LogP contribution < -0.4 is 5.32 Å². The van der Waals surface area contributed by atoms with Crippen LogP contribution in [0.3, 0.4) is 0 Å². The summed E-state index contributed by atoms with van der Waals surface area (Å²) in [5.74, 6) is 1.50. The Morgan fingerprint density at radius 1 is 1.36 bits per heavy atom. The van der Waals surface area contributed by atoms with Crippen molar-refractivity contribution in [1.82, 2.24) is 14.8 Å². The topological polar surface area (TPSA) is 94.0 Å². The standard InChI is InChI=1S/C19H26N4O3S2/c1-4-15-7-5-6-13(2)18(15)20-17(24)11-27-19-22-21-16(23(19)3)10-14-8-9-28(25,26)12-14/h5-7,14H,4,8-12H2,1-3H3,(H,20,24)/t14-/m1/s1. The third-order valence-electron chi connectivity index (χ3n) is 5.06. The van der Waals surface area contributed by atoms with Crippen LogP contribution in [0.25, 0.3) is 0 Å². The molecule has 1 saturated heterocycles. The van der Waals surface area contributed by atoms with E-state index >= 15 is 0 Å². The van der Waals surface area contributed by atoms with Gasteiger partial charge in [0.05, 0.1) is 17.3 Å². The Hall–Kier alpha value is -1.87. The maximum Gasteiger partial charge on any atom is 0.234 e. The predicted molar refractivity (Wildman–Crippen MR) is 111 cm³/mol. The van der Waals surface area contributed by atoms with Crippen molar-refractivity contribution in [1.29, 1.82) is 0 Å². The lowest BCUT2D eigenvalue weighted by Gasteiger charge is -2.12. The lowest BCUT2D eigenvalue weighted by molar-refractivity contribution is -0.113. The molecule has 1 aliphatic rings. The highest BCUT2D eigenvalue weighted by Gasteiger charge is 2.29. The molecule has 2 heterocycles. The van der Waals surface area contributed by atoms with Gasteiger partial charge < -0.3 is 9.88 Å². The second-order valence-corrected chi connectivity index (χ2v) is 10.4. The number of amides is 1. The SMILES string of the molecule is CCc1cccc(C)c1NC(=O)CSc1nnc(C[C@H]2CCS(=O)(=O)C2)n1C. The largest absolute Gasteiger partial charge is 0.325 e. The number of sulfone groups is 1. The van der Waals surface area contributed by atoms with Gasteiger partial charge in [-0.2, -0.15) is 0 Å². The number of carbonyl (C=O) groups is 1. The third-order valence-corrected chi connectivity index (χ3v) is 7.92. The number of rotatable bonds is 7. The summed E-state index contributed by atoms with van der Waals surface area (Å²) in [6.45, 7) is 4.05. The number of benzene rings is 1. The minimum Gasteiger partial charge on any atom is -0.325 e. The van der Waals surface area contributed by atoms with E-state index in [4.69, 9.17) is 0 Å². The van der Waals surface area contributed by atoms with Gasteiger partial charge in [-0.1, -0.05) is 36.9 Å². The first-order valence-corrected chi connectivity index (χ1v) is 12.2. The average molecular weight is 423 g/mol. The van der Waals surface area contributed by atoms with Crippen molar-refractivity contribution in [3.8, 4) is 0 Å². The molecule has 1 N–H and O–H groups in total. The Morgan fingerprint density at radius 3 is 2.82 bits per heavy atom. The van der Waals surface area contributed by atoms with E-state index in [0.29, 0.717) is 18.0 Å². The molecule has 7 nitrogen and oxygen atoms in total. The highest BCUT2D eigenvalue weighted by Crippen LogP contribution is 2.25. The normalized spacial score (nSPS) is 18.3. The van der Waals surface area contributed by atoms with Crippen molar-refractivity contribution < 1.29 is 13.2 Å². The lowest BCUT2D eigenvalue weighted by atomic mass is 10.1. The molecule has 0 spiro atoms. The van der Waals surface area contributed by atoms with E-state index in [9.17, 15) is 13.2 Å². The predicted octanol–water partition coefficient (Wildman–Crippen LogP) is 2.39. The van der Waals surface area contributed by atoms with Crippen molar-refractivity contribution in [3.05, 3.63) is 35.2 Å². The first kappa shape index (κ1) is 20.9. The van der Waals surface area contributed by atoms with Gasteiger partial charge in [0.25, 0.3) is 0 Å².